The molecule has 0 aliphatic carbocycles. The van der Waals surface area contributed by atoms with E-state index in [4.69, 9.17) is 0 Å². The van der Waals surface area contributed by atoms with E-state index in [9.17, 15) is 14.0 Å². The van der Waals surface area contributed by atoms with Crippen molar-refractivity contribution in [2.75, 3.05) is 18.9 Å². The van der Waals surface area contributed by atoms with Gasteiger partial charge in [-0.05, 0) is 45.2 Å². The fourth-order valence-electron chi connectivity index (χ4n) is 3.13. The first-order chi connectivity index (χ1) is 12.9. The van der Waals surface area contributed by atoms with Gasteiger partial charge in [-0.2, -0.15) is 0 Å². The molecule has 3 rings (SSSR count). The number of ketones is 1. The third-order valence-corrected chi connectivity index (χ3v) is 4.68. The van der Waals surface area contributed by atoms with Gasteiger partial charge in [-0.1, -0.05) is 24.3 Å². The van der Waals surface area contributed by atoms with Crippen LogP contribution in [0.4, 0.5) is 10.1 Å². The molecule has 0 fully saturated rings. The van der Waals surface area contributed by atoms with E-state index in [0.29, 0.717) is 11.3 Å². The monoisotopic (exact) mass is 367 g/mol. The first kappa shape index (κ1) is 18.8. The van der Waals surface area contributed by atoms with Crippen molar-refractivity contribution in [3.8, 4) is 0 Å². The van der Waals surface area contributed by atoms with Crippen LogP contribution in [0.3, 0.4) is 0 Å². The Kier molecular flexibility index (Phi) is 5.37. The summed E-state index contributed by atoms with van der Waals surface area (Å²) in [5.74, 6) is -0.774. The van der Waals surface area contributed by atoms with Crippen LogP contribution in [0.15, 0.2) is 48.5 Å². The van der Waals surface area contributed by atoms with Gasteiger partial charge in [0.2, 0.25) is 5.91 Å². The largest absolute Gasteiger partial charge is 0.358 e. The molecule has 1 amide bonds. The average Bonchev–Trinajstić information content (AvgIpc) is 2.96. The summed E-state index contributed by atoms with van der Waals surface area (Å²) >= 11 is 0. The number of hydrogen-bond donors (Lipinski definition) is 2. The molecule has 140 valence electrons. The topological polar surface area (TPSA) is 65.2 Å². The van der Waals surface area contributed by atoms with Crippen LogP contribution in [-0.2, 0) is 4.79 Å². The number of nitrogens with one attached hydrogen (secondary N) is 2. The normalized spacial score (nSPS) is 12.3. The first-order valence-corrected chi connectivity index (χ1v) is 8.74. The molecule has 2 aromatic carbocycles. The Morgan fingerprint density at radius 2 is 1.93 bits per heavy atom. The van der Waals surface area contributed by atoms with Gasteiger partial charge in [0.05, 0.1) is 12.6 Å². The number of fused-ring (bicyclic) bond motifs is 1. The first-order valence-electron chi connectivity index (χ1n) is 8.74. The molecular formula is C21H22FN3O2. The van der Waals surface area contributed by atoms with Crippen molar-refractivity contribution in [3.05, 3.63) is 65.6 Å². The molecule has 0 spiro atoms. The number of aryl methyl sites for hydroxylation is 1. The number of rotatable bonds is 6. The molecule has 0 saturated heterocycles. The van der Waals surface area contributed by atoms with Gasteiger partial charge in [-0.25, -0.2) is 4.39 Å². The van der Waals surface area contributed by atoms with Crippen molar-refractivity contribution in [2.45, 2.75) is 19.9 Å². The molecule has 0 saturated carbocycles. The highest BCUT2D eigenvalue weighted by Crippen LogP contribution is 2.24. The van der Waals surface area contributed by atoms with Crippen LogP contribution in [0.25, 0.3) is 10.9 Å². The van der Waals surface area contributed by atoms with Crippen molar-refractivity contribution < 1.29 is 14.0 Å². The fraction of sp³-hybridized carbons (Fsp3) is 0.238. The number of para-hydroxylation sites is 1. The number of nitrogens with zero attached hydrogens (tertiary/aromatic N) is 1. The molecule has 1 atom stereocenters. The number of carbonyl (C=O) groups is 2. The lowest BCUT2D eigenvalue weighted by Gasteiger charge is -2.23. The molecule has 0 unspecified atom stereocenters. The number of amides is 1. The predicted octanol–water partition coefficient (Wildman–Crippen LogP) is 3.76. The summed E-state index contributed by atoms with van der Waals surface area (Å²) < 4.78 is 13.2. The second kappa shape index (κ2) is 7.72. The highest BCUT2D eigenvalue weighted by molar-refractivity contribution is 6.11. The Hall–Kier alpha value is -2.99. The van der Waals surface area contributed by atoms with Crippen LogP contribution >= 0.6 is 0 Å². The van der Waals surface area contributed by atoms with E-state index < -0.39 is 11.9 Å². The molecule has 3 aromatic rings. The van der Waals surface area contributed by atoms with Crippen molar-refractivity contribution >= 4 is 28.3 Å². The van der Waals surface area contributed by atoms with E-state index >= 15 is 0 Å². The second-order valence-electron chi connectivity index (χ2n) is 6.68. The van der Waals surface area contributed by atoms with Gasteiger partial charge < -0.3 is 10.3 Å². The highest BCUT2D eigenvalue weighted by atomic mass is 19.1. The average molecular weight is 367 g/mol. The number of aromatic amines is 1. The minimum absolute atomic E-state index is 0.0187. The summed E-state index contributed by atoms with van der Waals surface area (Å²) in [5.41, 5.74) is 2.76. The summed E-state index contributed by atoms with van der Waals surface area (Å²) in [7, 11) is 1.72. The Morgan fingerprint density at radius 3 is 2.67 bits per heavy atom. The molecule has 1 aromatic heterocycles. The molecular weight excluding hydrogens is 345 g/mol. The molecule has 2 N–H and O–H groups in total. The van der Waals surface area contributed by atoms with E-state index in [1.54, 1.807) is 24.9 Å². The van der Waals surface area contributed by atoms with Crippen molar-refractivity contribution in [3.63, 3.8) is 0 Å². The molecule has 6 heteroatoms. The standard InChI is InChI=1S/C21H22FN3O2/c1-13-20(17-9-4-5-10-18(17)23-13)21(27)14(2)25(3)12-19(26)24-16-8-6-7-15(22)11-16/h4-11,14,23H,12H2,1-3H3,(H,24,26)/t14-/m0/s1. The fourth-order valence-corrected chi connectivity index (χ4v) is 3.13. The number of carbonyl (C=O) groups excluding carboxylic acids is 2. The van der Waals surface area contributed by atoms with E-state index in [1.165, 1.54) is 18.2 Å². The SMILES string of the molecule is Cc1[nH]c2ccccc2c1C(=O)[C@H](C)N(C)CC(=O)Nc1cccc(F)c1. The zero-order valence-electron chi connectivity index (χ0n) is 15.5. The number of H-pyrrole nitrogens is 1. The molecule has 27 heavy (non-hydrogen) atoms. The smallest absolute Gasteiger partial charge is 0.238 e. The van der Waals surface area contributed by atoms with Gasteiger partial charge in [-0.3, -0.25) is 14.5 Å². The Balaban J connectivity index is 1.70. The Labute approximate surface area is 157 Å². The summed E-state index contributed by atoms with van der Waals surface area (Å²) in [4.78, 5) is 30.2. The molecule has 0 aliphatic heterocycles. The van der Waals surface area contributed by atoms with Crippen LogP contribution in [0, 0.1) is 12.7 Å². The number of hydrogen-bond acceptors (Lipinski definition) is 3. The summed E-state index contributed by atoms with van der Waals surface area (Å²) in [6.45, 7) is 3.67. The summed E-state index contributed by atoms with van der Waals surface area (Å²) in [5, 5.41) is 3.52. The van der Waals surface area contributed by atoms with Crippen molar-refractivity contribution in [2.24, 2.45) is 0 Å². The molecule has 0 radical (unpaired) electrons. The van der Waals surface area contributed by atoms with Crippen LogP contribution in [0.5, 0.6) is 0 Å². The second-order valence-corrected chi connectivity index (χ2v) is 6.68. The van der Waals surface area contributed by atoms with Crippen LogP contribution in [0.2, 0.25) is 0 Å². The minimum Gasteiger partial charge on any atom is -0.358 e. The van der Waals surface area contributed by atoms with Crippen LogP contribution in [-0.4, -0.2) is 41.2 Å². The Morgan fingerprint density at radius 1 is 1.19 bits per heavy atom. The van der Waals surface area contributed by atoms with Crippen molar-refractivity contribution in [1.82, 2.24) is 9.88 Å². The summed E-state index contributed by atoms with van der Waals surface area (Å²) in [6, 6.07) is 12.9. The predicted molar refractivity (Wildman–Crippen MR) is 104 cm³/mol. The quantitative estimate of drug-likeness (QED) is 0.652. The van der Waals surface area contributed by atoms with Gasteiger partial charge in [0.15, 0.2) is 5.78 Å². The number of anilines is 1. The number of halogens is 1. The molecule has 5 nitrogen and oxygen atoms in total. The molecule has 1 heterocycles. The zero-order valence-corrected chi connectivity index (χ0v) is 15.5. The van der Waals surface area contributed by atoms with E-state index in [2.05, 4.69) is 10.3 Å². The summed E-state index contributed by atoms with van der Waals surface area (Å²) in [6.07, 6.45) is 0. The van der Waals surface area contributed by atoms with Gasteiger partial charge >= 0.3 is 0 Å². The van der Waals surface area contributed by atoms with Crippen LogP contribution < -0.4 is 5.32 Å². The highest BCUT2D eigenvalue weighted by Gasteiger charge is 2.25. The molecule has 0 bridgehead atoms. The van der Waals surface area contributed by atoms with Gasteiger partial charge in [0.25, 0.3) is 0 Å². The maximum atomic E-state index is 13.2. The van der Waals surface area contributed by atoms with Crippen molar-refractivity contribution in [1.29, 1.82) is 0 Å². The van der Waals surface area contributed by atoms with Gasteiger partial charge in [-0.15, -0.1) is 0 Å². The Bertz CT molecular complexity index is 996. The van der Waals surface area contributed by atoms with Gasteiger partial charge in [0, 0.05) is 27.8 Å². The van der Waals surface area contributed by atoms with Gasteiger partial charge in [0.1, 0.15) is 5.82 Å². The third-order valence-electron chi connectivity index (χ3n) is 4.68. The van der Waals surface area contributed by atoms with E-state index in [1.807, 2.05) is 31.2 Å². The zero-order chi connectivity index (χ0) is 19.6. The molecule has 0 aliphatic rings. The maximum absolute atomic E-state index is 13.2. The number of likely N-dealkylation sites (N-methyl/N-ethyl adjacent to an activating group) is 1. The lowest BCUT2D eigenvalue weighted by molar-refractivity contribution is -0.117. The van der Waals surface area contributed by atoms with E-state index in [0.717, 1.165) is 16.6 Å². The third kappa shape index (κ3) is 4.06. The lowest BCUT2D eigenvalue weighted by atomic mass is 10.0. The number of aromatic nitrogens is 1. The van der Waals surface area contributed by atoms with E-state index in [-0.39, 0.29) is 18.2 Å². The maximum Gasteiger partial charge on any atom is 0.238 e. The number of benzene rings is 2. The lowest BCUT2D eigenvalue weighted by Crippen LogP contribution is -2.41. The number of Topliss-reactive ketones (excluding diaryl/α,β-unsaturated/α-hetero) is 1. The van der Waals surface area contributed by atoms with Crippen LogP contribution in [0.1, 0.15) is 23.0 Å². The minimum atomic E-state index is -0.485.